The van der Waals surface area contributed by atoms with Crippen LogP contribution < -0.4 is 15.1 Å². The highest BCUT2D eigenvalue weighted by Crippen LogP contribution is 2.39. The number of benzene rings is 1. The second-order valence-corrected chi connectivity index (χ2v) is 10.6. The van der Waals surface area contributed by atoms with Crippen molar-refractivity contribution in [3.8, 4) is 0 Å². The van der Waals surface area contributed by atoms with Gasteiger partial charge in [0.25, 0.3) is 5.91 Å². The molecular weight excluding hydrogens is 426 g/mol. The summed E-state index contributed by atoms with van der Waals surface area (Å²) in [4.78, 5) is 34.9. The van der Waals surface area contributed by atoms with Gasteiger partial charge in [-0.05, 0) is 63.3 Å². The molecule has 4 aliphatic rings. The van der Waals surface area contributed by atoms with Gasteiger partial charge in [-0.2, -0.15) is 0 Å². The maximum Gasteiger partial charge on any atom is 0.251 e. The molecule has 0 aromatic heterocycles. The molecule has 1 saturated carbocycles. The minimum atomic E-state index is -0.0495. The molecule has 1 unspecified atom stereocenters. The van der Waals surface area contributed by atoms with Crippen LogP contribution in [-0.2, 0) is 4.79 Å². The van der Waals surface area contributed by atoms with Crippen molar-refractivity contribution in [1.29, 1.82) is 0 Å². The summed E-state index contributed by atoms with van der Waals surface area (Å²) in [6.45, 7) is 7.31. The van der Waals surface area contributed by atoms with Gasteiger partial charge in [0.05, 0.1) is 11.4 Å². The smallest absolute Gasteiger partial charge is 0.251 e. The predicted molar refractivity (Wildman–Crippen MR) is 137 cm³/mol. The number of carbonyl (C=O) groups is 2. The molecule has 5 rings (SSSR count). The van der Waals surface area contributed by atoms with Gasteiger partial charge in [-0.1, -0.05) is 19.3 Å². The van der Waals surface area contributed by atoms with E-state index in [1.165, 1.54) is 45.2 Å². The van der Waals surface area contributed by atoms with Gasteiger partial charge in [-0.15, -0.1) is 0 Å². The summed E-state index contributed by atoms with van der Waals surface area (Å²) in [5.41, 5.74) is 2.57. The fraction of sp³-hybridized carbons (Fsp3) is 0.704. The number of anilines is 2. The van der Waals surface area contributed by atoms with Crippen LogP contribution in [0.2, 0.25) is 0 Å². The van der Waals surface area contributed by atoms with Crippen molar-refractivity contribution in [2.75, 3.05) is 62.7 Å². The van der Waals surface area contributed by atoms with Crippen LogP contribution in [0.25, 0.3) is 0 Å². The van der Waals surface area contributed by atoms with Crippen LogP contribution in [0.5, 0.6) is 0 Å². The molecule has 1 N–H and O–H groups in total. The lowest BCUT2D eigenvalue weighted by molar-refractivity contribution is -0.120. The first-order valence-corrected chi connectivity index (χ1v) is 13.5. The lowest BCUT2D eigenvalue weighted by atomic mass is 9.94. The summed E-state index contributed by atoms with van der Waals surface area (Å²) in [7, 11) is 1.84. The van der Waals surface area contributed by atoms with E-state index in [1.807, 2.05) is 25.2 Å². The second-order valence-electron chi connectivity index (χ2n) is 10.6. The summed E-state index contributed by atoms with van der Waals surface area (Å²) in [6.07, 6.45) is 11.1. The van der Waals surface area contributed by atoms with E-state index in [0.717, 1.165) is 69.3 Å². The second kappa shape index (κ2) is 10.6. The van der Waals surface area contributed by atoms with Gasteiger partial charge in [-0.25, -0.2) is 0 Å². The molecule has 1 atom stereocenters. The minimum Gasteiger partial charge on any atom is -0.358 e. The number of piperidine rings is 1. The van der Waals surface area contributed by atoms with Gasteiger partial charge < -0.3 is 20.0 Å². The van der Waals surface area contributed by atoms with E-state index in [1.54, 1.807) is 4.90 Å². The Morgan fingerprint density at radius 2 is 1.71 bits per heavy atom. The van der Waals surface area contributed by atoms with Crippen molar-refractivity contribution in [3.63, 3.8) is 0 Å². The molecule has 7 nitrogen and oxygen atoms in total. The minimum absolute atomic E-state index is 0.0459. The van der Waals surface area contributed by atoms with Crippen molar-refractivity contribution in [2.24, 2.45) is 0 Å². The highest BCUT2D eigenvalue weighted by atomic mass is 16.2. The van der Waals surface area contributed by atoms with Crippen LogP contribution >= 0.6 is 0 Å². The van der Waals surface area contributed by atoms with E-state index >= 15 is 0 Å². The zero-order valence-corrected chi connectivity index (χ0v) is 20.8. The highest BCUT2D eigenvalue weighted by Gasteiger charge is 2.38. The Bertz CT molecular complexity index is 876. The molecule has 3 heterocycles. The third-order valence-electron chi connectivity index (χ3n) is 8.46. The third kappa shape index (κ3) is 4.96. The van der Waals surface area contributed by atoms with Crippen LogP contribution in [0.15, 0.2) is 18.2 Å². The Hall–Kier alpha value is -2.12. The normalized spacial score (nSPS) is 24.6. The van der Waals surface area contributed by atoms with Crippen LogP contribution in [0.3, 0.4) is 0 Å². The van der Waals surface area contributed by atoms with Gasteiger partial charge in [0.1, 0.15) is 6.04 Å². The SMILES string of the molecule is CN1C(=O)C2CCCCN2c2ccc(C(=O)NCCCN3CCN(C4CCCCC4)CC3)cc21. The number of rotatable bonds is 6. The van der Waals surface area contributed by atoms with E-state index in [4.69, 9.17) is 0 Å². The number of hydrogen-bond acceptors (Lipinski definition) is 5. The van der Waals surface area contributed by atoms with E-state index in [-0.39, 0.29) is 17.9 Å². The molecule has 7 heteroatoms. The molecular formula is C27H41N5O2. The molecule has 1 aromatic carbocycles. The number of nitrogens with zero attached hydrogens (tertiary/aromatic N) is 4. The average molecular weight is 468 g/mol. The van der Waals surface area contributed by atoms with Crippen molar-refractivity contribution >= 4 is 23.2 Å². The third-order valence-corrected chi connectivity index (χ3v) is 8.46. The molecule has 3 aliphatic heterocycles. The molecule has 0 bridgehead atoms. The van der Waals surface area contributed by atoms with Crippen LogP contribution in [0.1, 0.15) is 68.1 Å². The average Bonchev–Trinajstić information content (AvgIpc) is 2.90. The van der Waals surface area contributed by atoms with Crippen molar-refractivity contribution in [2.45, 2.75) is 69.9 Å². The highest BCUT2D eigenvalue weighted by molar-refractivity contribution is 6.07. The van der Waals surface area contributed by atoms with Crippen molar-refractivity contribution in [1.82, 2.24) is 15.1 Å². The van der Waals surface area contributed by atoms with Crippen LogP contribution in [0.4, 0.5) is 11.4 Å². The molecule has 34 heavy (non-hydrogen) atoms. The molecule has 0 radical (unpaired) electrons. The molecule has 3 fully saturated rings. The van der Waals surface area contributed by atoms with E-state index in [0.29, 0.717) is 12.1 Å². The van der Waals surface area contributed by atoms with Gasteiger partial charge in [-0.3, -0.25) is 14.5 Å². The molecule has 2 amide bonds. The van der Waals surface area contributed by atoms with Gasteiger partial charge in [0, 0.05) is 57.9 Å². The first-order chi connectivity index (χ1) is 16.6. The number of hydrogen-bond donors (Lipinski definition) is 1. The zero-order valence-electron chi connectivity index (χ0n) is 20.8. The van der Waals surface area contributed by atoms with Gasteiger partial charge in [0.15, 0.2) is 0 Å². The fourth-order valence-corrected chi connectivity index (χ4v) is 6.40. The van der Waals surface area contributed by atoms with Gasteiger partial charge in [0.2, 0.25) is 5.91 Å². The van der Waals surface area contributed by atoms with Crippen molar-refractivity contribution in [3.05, 3.63) is 23.8 Å². The molecule has 0 spiro atoms. The van der Waals surface area contributed by atoms with Gasteiger partial charge >= 0.3 is 0 Å². The Labute approximate surface area is 204 Å². The lowest BCUT2D eigenvalue weighted by Crippen LogP contribution is -2.54. The largest absolute Gasteiger partial charge is 0.358 e. The topological polar surface area (TPSA) is 59.1 Å². The zero-order chi connectivity index (χ0) is 23.5. The lowest BCUT2D eigenvalue weighted by Gasteiger charge is -2.44. The van der Waals surface area contributed by atoms with E-state index in [2.05, 4.69) is 20.0 Å². The molecule has 1 aliphatic carbocycles. The number of piperazine rings is 1. The first kappa shape index (κ1) is 23.6. The summed E-state index contributed by atoms with van der Waals surface area (Å²) in [5, 5.41) is 3.10. The molecule has 186 valence electrons. The Morgan fingerprint density at radius 1 is 0.941 bits per heavy atom. The Kier molecular flexibility index (Phi) is 7.40. The number of nitrogens with one attached hydrogen (secondary N) is 1. The predicted octanol–water partition coefficient (Wildman–Crippen LogP) is 3.09. The maximum atomic E-state index is 12.9. The molecule has 2 saturated heterocycles. The number of amides is 2. The first-order valence-electron chi connectivity index (χ1n) is 13.5. The maximum absolute atomic E-state index is 12.9. The Balaban J connectivity index is 1.08. The monoisotopic (exact) mass is 467 g/mol. The van der Waals surface area contributed by atoms with Crippen LogP contribution in [0, 0.1) is 0 Å². The summed E-state index contributed by atoms with van der Waals surface area (Å²) < 4.78 is 0. The van der Waals surface area contributed by atoms with E-state index in [9.17, 15) is 9.59 Å². The standard InChI is InChI=1S/C27H41N5O2/c1-29-25-20-21(11-12-23(25)32-15-6-5-10-24(32)27(29)34)26(33)28-13-7-14-30-16-18-31(19-17-30)22-8-3-2-4-9-22/h11-12,20,22,24H,2-10,13-19H2,1H3,(H,28,33). The van der Waals surface area contributed by atoms with E-state index < -0.39 is 0 Å². The summed E-state index contributed by atoms with van der Waals surface area (Å²) in [5.74, 6) is 0.0971. The molecule has 1 aromatic rings. The Morgan fingerprint density at radius 3 is 2.50 bits per heavy atom. The fourth-order valence-electron chi connectivity index (χ4n) is 6.40. The number of likely N-dealkylation sites (N-methyl/N-ethyl adjacent to an activating group) is 1. The summed E-state index contributed by atoms with van der Waals surface area (Å²) >= 11 is 0. The number of fused-ring (bicyclic) bond motifs is 3. The summed E-state index contributed by atoms with van der Waals surface area (Å²) in [6, 6.07) is 6.60. The van der Waals surface area contributed by atoms with Crippen molar-refractivity contribution < 1.29 is 9.59 Å². The van der Waals surface area contributed by atoms with Crippen LogP contribution in [-0.4, -0.2) is 86.6 Å². The quantitative estimate of drug-likeness (QED) is 0.652. The number of carbonyl (C=O) groups excluding carboxylic acids is 2.